The molecule has 1 aromatic heterocycles. The first-order chi connectivity index (χ1) is 14.0. The van der Waals surface area contributed by atoms with Crippen LogP contribution in [0, 0.1) is 11.3 Å². The van der Waals surface area contributed by atoms with Crippen LogP contribution in [0.4, 0.5) is 0 Å². The van der Waals surface area contributed by atoms with Crippen molar-refractivity contribution >= 4 is 5.91 Å². The fraction of sp³-hybridized carbons (Fsp3) is 0.350. The fourth-order valence-corrected chi connectivity index (χ4v) is 3.32. The van der Waals surface area contributed by atoms with Crippen LogP contribution in [0.25, 0.3) is 0 Å². The second kappa shape index (κ2) is 8.56. The fourth-order valence-electron chi connectivity index (χ4n) is 3.32. The van der Waals surface area contributed by atoms with Gasteiger partial charge >= 0.3 is 0 Å². The molecule has 1 atom stereocenters. The Morgan fingerprint density at radius 1 is 1.34 bits per heavy atom. The molecule has 2 aromatic rings. The van der Waals surface area contributed by atoms with Gasteiger partial charge in [0.05, 0.1) is 12.5 Å². The van der Waals surface area contributed by atoms with Crippen LogP contribution in [0.3, 0.4) is 0 Å². The Labute approximate surface area is 168 Å². The van der Waals surface area contributed by atoms with E-state index < -0.39 is 11.8 Å². The molecule has 0 radical (unpaired) electrons. The first kappa shape index (κ1) is 20.1. The molecule has 0 aliphatic carbocycles. The van der Waals surface area contributed by atoms with Gasteiger partial charge in [-0.1, -0.05) is 19.4 Å². The lowest BCUT2D eigenvalue weighted by Gasteiger charge is -2.25. The highest BCUT2D eigenvalue weighted by atomic mass is 16.5. The largest absolute Gasteiger partial charge is 0.490 e. The summed E-state index contributed by atoms with van der Waals surface area (Å²) in [6.45, 7) is 4.02. The normalized spacial score (nSPS) is 15.3. The molecule has 5 N–H and O–H groups in total. The van der Waals surface area contributed by atoms with E-state index in [0.717, 1.165) is 29.7 Å². The van der Waals surface area contributed by atoms with Crippen LogP contribution in [0.5, 0.6) is 17.4 Å². The van der Waals surface area contributed by atoms with Gasteiger partial charge in [-0.15, -0.1) is 5.10 Å². The maximum absolute atomic E-state index is 11.1. The number of carbonyl (C=O) groups is 1. The van der Waals surface area contributed by atoms with Gasteiger partial charge in [-0.25, -0.2) is 0 Å². The van der Waals surface area contributed by atoms with Gasteiger partial charge in [-0.3, -0.25) is 9.89 Å². The van der Waals surface area contributed by atoms with E-state index in [0.29, 0.717) is 29.6 Å². The minimum atomic E-state index is -0.587. The molecule has 152 valence electrons. The lowest BCUT2D eigenvalue weighted by molar-refractivity contribution is -0.119. The summed E-state index contributed by atoms with van der Waals surface area (Å²) in [4.78, 5) is 11.1. The molecule has 2 heterocycles. The number of hydrogen-bond donors (Lipinski definition) is 3. The number of fused-ring (bicyclic) bond motifs is 1. The number of amides is 1. The van der Waals surface area contributed by atoms with E-state index in [-0.39, 0.29) is 12.5 Å². The highest BCUT2D eigenvalue weighted by Gasteiger charge is 2.35. The Hall–Kier alpha value is -3.67. The molecule has 1 amide bonds. The minimum absolute atomic E-state index is 0.0200. The molecule has 9 nitrogen and oxygen atoms in total. The topological polar surface area (TPSA) is 149 Å². The van der Waals surface area contributed by atoms with Gasteiger partial charge in [0.2, 0.25) is 11.8 Å². The van der Waals surface area contributed by atoms with Gasteiger partial charge in [-0.2, -0.15) is 5.26 Å². The van der Waals surface area contributed by atoms with E-state index in [1.165, 1.54) is 0 Å². The summed E-state index contributed by atoms with van der Waals surface area (Å²) >= 11 is 0. The molecule has 29 heavy (non-hydrogen) atoms. The third kappa shape index (κ3) is 3.96. The number of H-pyrrole nitrogens is 1. The van der Waals surface area contributed by atoms with Crippen LogP contribution in [0.1, 0.15) is 43.0 Å². The molecule has 0 fully saturated rings. The first-order valence-corrected chi connectivity index (χ1v) is 9.32. The number of ether oxygens (including phenoxy) is 3. The molecule has 0 saturated carbocycles. The van der Waals surface area contributed by atoms with E-state index in [4.69, 9.17) is 25.7 Å². The highest BCUT2D eigenvalue weighted by molar-refractivity contribution is 5.75. The molecule has 3 rings (SSSR count). The van der Waals surface area contributed by atoms with Crippen molar-refractivity contribution in [1.29, 1.82) is 5.26 Å². The zero-order valence-electron chi connectivity index (χ0n) is 16.3. The number of carbonyl (C=O) groups excluding carboxylic acids is 1. The maximum Gasteiger partial charge on any atom is 0.255 e. The number of aromatic nitrogens is 2. The molecular formula is C20H23N5O4. The molecule has 9 heteroatoms. The number of aryl methyl sites for hydroxylation is 1. The van der Waals surface area contributed by atoms with Gasteiger partial charge in [0.1, 0.15) is 11.6 Å². The standard InChI is InChI=1S/C20H23N5O4/c1-3-5-13-18-17(12(9-21)19(23)29-20(18)25-24-13)11-6-7-14(28-10-16(22)26)15(8-11)27-4-2/h6-8,17H,3-5,10,23H2,1-2H3,(H2,22,26)(H,24,25). The minimum Gasteiger partial charge on any atom is -0.490 e. The predicted molar refractivity (Wildman–Crippen MR) is 104 cm³/mol. The number of rotatable bonds is 8. The van der Waals surface area contributed by atoms with Crippen LogP contribution in [0.15, 0.2) is 29.7 Å². The zero-order chi connectivity index (χ0) is 21.0. The van der Waals surface area contributed by atoms with Crippen LogP contribution in [0.2, 0.25) is 0 Å². The maximum atomic E-state index is 11.1. The van der Waals surface area contributed by atoms with Gasteiger partial charge in [0, 0.05) is 11.3 Å². The number of nitriles is 1. The van der Waals surface area contributed by atoms with Crippen molar-refractivity contribution < 1.29 is 19.0 Å². The third-order valence-corrected chi connectivity index (χ3v) is 4.49. The van der Waals surface area contributed by atoms with E-state index in [2.05, 4.69) is 23.2 Å². The first-order valence-electron chi connectivity index (χ1n) is 9.32. The van der Waals surface area contributed by atoms with Crippen LogP contribution >= 0.6 is 0 Å². The number of primary amides is 1. The van der Waals surface area contributed by atoms with E-state index in [1.807, 2.05) is 6.92 Å². The summed E-state index contributed by atoms with van der Waals surface area (Å²) in [6, 6.07) is 7.42. The average molecular weight is 397 g/mol. The van der Waals surface area contributed by atoms with E-state index in [1.54, 1.807) is 18.2 Å². The Morgan fingerprint density at radius 2 is 2.14 bits per heavy atom. The van der Waals surface area contributed by atoms with Gasteiger partial charge in [-0.05, 0) is 31.0 Å². The summed E-state index contributed by atoms with van der Waals surface area (Å²) in [5.74, 6) is 0.159. The molecule has 0 saturated heterocycles. The second-order valence-corrected chi connectivity index (χ2v) is 6.49. The molecule has 0 bridgehead atoms. The SMILES string of the molecule is CCCc1[nH]nc2c1C(c1ccc(OCC(N)=O)c(OCC)c1)C(C#N)=C(N)O2. The lowest BCUT2D eigenvalue weighted by atomic mass is 9.83. The van der Waals surface area contributed by atoms with Crippen LogP contribution in [-0.2, 0) is 11.2 Å². The molecule has 1 aromatic carbocycles. The third-order valence-electron chi connectivity index (χ3n) is 4.49. The van der Waals surface area contributed by atoms with Gasteiger partial charge in [0.15, 0.2) is 18.1 Å². The van der Waals surface area contributed by atoms with Crippen molar-refractivity contribution in [2.45, 2.75) is 32.6 Å². The van der Waals surface area contributed by atoms with Crippen molar-refractivity contribution in [1.82, 2.24) is 10.2 Å². The van der Waals surface area contributed by atoms with E-state index >= 15 is 0 Å². The number of benzene rings is 1. The summed E-state index contributed by atoms with van der Waals surface area (Å²) in [6.07, 6.45) is 1.64. The number of nitrogens with zero attached hydrogens (tertiary/aromatic N) is 2. The Bertz CT molecular complexity index is 989. The summed E-state index contributed by atoms with van der Waals surface area (Å²) in [7, 11) is 0. The van der Waals surface area contributed by atoms with Gasteiger partial charge in [0.25, 0.3) is 5.91 Å². The molecule has 0 spiro atoms. The van der Waals surface area contributed by atoms with Crippen molar-refractivity contribution in [3.63, 3.8) is 0 Å². The van der Waals surface area contributed by atoms with Crippen molar-refractivity contribution in [3.8, 4) is 23.4 Å². The average Bonchev–Trinajstić information content (AvgIpc) is 3.08. The van der Waals surface area contributed by atoms with Gasteiger partial charge < -0.3 is 25.7 Å². The highest BCUT2D eigenvalue weighted by Crippen LogP contribution is 2.44. The van der Waals surface area contributed by atoms with Crippen molar-refractivity contribution in [2.24, 2.45) is 11.5 Å². The van der Waals surface area contributed by atoms with Crippen LogP contribution < -0.4 is 25.7 Å². The Morgan fingerprint density at radius 3 is 2.79 bits per heavy atom. The molecule has 1 unspecified atom stereocenters. The summed E-state index contributed by atoms with van der Waals surface area (Å²) in [5, 5.41) is 17.0. The Kier molecular flexibility index (Phi) is 5.93. The second-order valence-electron chi connectivity index (χ2n) is 6.49. The number of allylic oxidation sites excluding steroid dienone is 1. The number of hydrogen-bond acceptors (Lipinski definition) is 7. The smallest absolute Gasteiger partial charge is 0.255 e. The van der Waals surface area contributed by atoms with E-state index in [9.17, 15) is 10.1 Å². The molecule has 1 aliphatic heterocycles. The van der Waals surface area contributed by atoms with Crippen LogP contribution in [-0.4, -0.2) is 29.3 Å². The molecular weight excluding hydrogens is 374 g/mol. The predicted octanol–water partition coefficient (Wildman–Crippen LogP) is 1.84. The number of nitrogens with one attached hydrogen (secondary N) is 1. The lowest BCUT2D eigenvalue weighted by Crippen LogP contribution is -2.22. The zero-order valence-corrected chi connectivity index (χ0v) is 16.3. The molecule has 1 aliphatic rings. The monoisotopic (exact) mass is 397 g/mol. The number of nitrogens with two attached hydrogens (primary N) is 2. The quantitative estimate of drug-likeness (QED) is 0.615. The Balaban J connectivity index is 2.10. The van der Waals surface area contributed by atoms with Crippen molar-refractivity contribution in [2.75, 3.05) is 13.2 Å². The van der Waals surface area contributed by atoms with Crippen molar-refractivity contribution in [3.05, 3.63) is 46.5 Å². The number of aromatic amines is 1. The summed E-state index contributed by atoms with van der Waals surface area (Å²) in [5.41, 5.74) is 13.9. The summed E-state index contributed by atoms with van der Waals surface area (Å²) < 4.78 is 16.7.